The lowest BCUT2D eigenvalue weighted by Crippen LogP contribution is -2.15. The van der Waals surface area contributed by atoms with Crippen molar-refractivity contribution in [2.75, 3.05) is 0 Å². The Hall–Kier alpha value is -2.02. The molecular formula is C10H10N2O2. The smallest absolute Gasteiger partial charge is 0.405 e. The van der Waals surface area contributed by atoms with E-state index < -0.39 is 6.09 Å². The highest BCUT2D eigenvalue weighted by Crippen LogP contribution is 2.16. The van der Waals surface area contributed by atoms with E-state index in [4.69, 9.17) is 15.7 Å². The van der Waals surface area contributed by atoms with Gasteiger partial charge in [-0.25, -0.2) is 4.79 Å². The zero-order valence-corrected chi connectivity index (χ0v) is 7.73. The van der Waals surface area contributed by atoms with Crippen LogP contribution in [0.25, 0.3) is 0 Å². The molecule has 14 heavy (non-hydrogen) atoms. The summed E-state index contributed by atoms with van der Waals surface area (Å²) in [5, 5.41) is 8.56. The number of carbonyl (C=O) groups excluding carboxylic acids is 1. The molecule has 0 heterocycles. The number of nitrogens with two attached hydrogens (primary N) is 1. The van der Waals surface area contributed by atoms with E-state index in [0.717, 1.165) is 5.56 Å². The van der Waals surface area contributed by atoms with Gasteiger partial charge in [0.2, 0.25) is 0 Å². The molecule has 1 aromatic carbocycles. The number of rotatable bonds is 2. The Morgan fingerprint density at radius 1 is 1.50 bits per heavy atom. The van der Waals surface area contributed by atoms with Gasteiger partial charge in [-0.3, -0.25) is 0 Å². The van der Waals surface area contributed by atoms with Crippen molar-refractivity contribution in [3.8, 4) is 6.07 Å². The molecule has 0 aliphatic carbocycles. The van der Waals surface area contributed by atoms with Gasteiger partial charge in [-0.15, -0.1) is 0 Å². The minimum atomic E-state index is -0.804. The summed E-state index contributed by atoms with van der Waals surface area (Å²) in [4.78, 5) is 10.5. The van der Waals surface area contributed by atoms with E-state index in [1.54, 1.807) is 31.2 Å². The number of nitriles is 1. The van der Waals surface area contributed by atoms with Crippen molar-refractivity contribution in [3.63, 3.8) is 0 Å². The van der Waals surface area contributed by atoms with Gasteiger partial charge < -0.3 is 10.5 Å². The Morgan fingerprint density at radius 3 is 2.50 bits per heavy atom. The summed E-state index contributed by atoms with van der Waals surface area (Å²) in [7, 11) is 0. The van der Waals surface area contributed by atoms with Crippen LogP contribution in [0.4, 0.5) is 4.79 Å². The predicted octanol–water partition coefficient (Wildman–Crippen LogP) is 1.71. The van der Waals surface area contributed by atoms with Crippen LogP contribution in [0, 0.1) is 11.3 Å². The third kappa shape index (κ3) is 2.49. The number of amides is 1. The summed E-state index contributed by atoms with van der Waals surface area (Å²) in [6.45, 7) is 1.71. The molecule has 1 amide bonds. The summed E-state index contributed by atoms with van der Waals surface area (Å²) < 4.78 is 4.77. The molecule has 0 saturated carbocycles. The highest BCUT2D eigenvalue weighted by Gasteiger charge is 2.08. The van der Waals surface area contributed by atoms with Crippen molar-refractivity contribution in [2.45, 2.75) is 13.0 Å². The van der Waals surface area contributed by atoms with E-state index in [0.29, 0.717) is 5.56 Å². The molecule has 4 nitrogen and oxygen atoms in total. The first-order chi connectivity index (χ1) is 6.63. The molecule has 1 atom stereocenters. The lowest BCUT2D eigenvalue weighted by atomic mass is 10.1. The van der Waals surface area contributed by atoms with E-state index >= 15 is 0 Å². The van der Waals surface area contributed by atoms with Gasteiger partial charge in [0.15, 0.2) is 0 Å². The maximum Gasteiger partial charge on any atom is 0.405 e. The molecule has 0 bridgehead atoms. The summed E-state index contributed by atoms with van der Waals surface area (Å²) in [5.41, 5.74) is 6.25. The molecule has 4 heteroatoms. The molecule has 0 aliphatic heterocycles. The highest BCUT2D eigenvalue weighted by atomic mass is 16.6. The zero-order chi connectivity index (χ0) is 10.6. The number of ether oxygens (including phenoxy) is 1. The lowest BCUT2D eigenvalue weighted by Gasteiger charge is -2.11. The zero-order valence-electron chi connectivity index (χ0n) is 7.73. The maximum absolute atomic E-state index is 10.5. The molecule has 0 spiro atoms. The van der Waals surface area contributed by atoms with Crippen molar-refractivity contribution in [1.29, 1.82) is 5.26 Å². The first-order valence-electron chi connectivity index (χ1n) is 4.09. The number of nitrogens with zero attached hydrogens (tertiary/aromatic N) is 1. The van der Waals surface area contributed by atoms with Gasteiger partial charge >= 0.3 is 6.09 Å². The van der Waals surface area contributed by atoms with Crippen LogP contribution in [0.5, 0.6) is 0 Å². The molecular weight excluding hydrogens is 180 g/mol. The van der Waals surface area contributed by atoms with Crippen LogP contribution in [-0.2, 0) is 4.74 Å². The standard InChI is InChI=1S/C10H10N2O2/c1-7(14-10(12)13)9-4-2-8(6-11)3-5-9/h2-5,7H,1H3,(H2,12,13). The van der Waals surface area contributed by atoms with E-state index in [1.165, 1.54) is 0 Å². The quantitative estimate of drug-likeness (QED) is 0.771. The Balaban J connectivity index is 2.77. The number of hydrogen-bond donors (Lipinski definition) is 1. The van der Waals surface area contributed by atoms with Crippen molar-refractivity contribution in [3.05, 3.63) is 35.4 Å². The van der Waals surface area contributed by atoms with Crippen LogP contribution < -0.4 is 5.73 Å². The monoisotopic (exact) mass is 190 g/mol. The van der Waals surface area contributed by atoms with Crippen molar-refractivity contribution in [1.82, 2.24) is 0 Å². The van der Waals surface area contributed by atoms with Crippen LogP contribution in [0.1, 0.15) is 24.2 Å². The van der Waals surface area contributed by atoms with Crippen LogP contribution in [0.2, 0.25) is 0 Å². The lowest BCUT2D eigenvalue weighted by molar-refractivity contribution is 0.116. The van der Waals surface area contributed by atoms with Crippen LogP contribution in [-0.4, -0.2) is 6.09 Å². The third-order valence-electron chi connectivity index (χ3n) is 1.80. The second-order valence-electron chi connectivity index (χ2n) is 2.81. The van der Waals surface area contributed by atoms with E-state index in [2.05, 4.69) is 0 Å². The van der Waals surface area contributed by atoms with Crippen molar-refractivity contribution in [2.24, 2.45) is 5.73 Å². The average Bonchev–Trinajstić information content (AvgIpc) is 2.17. The molecule has 72 valence electrons. The summed E-state index contributed by atoms with van der Waals surface area (Å²) in [6, 6.07) is 8.78. The van der Waals surface area contributed by atoms with Gasteiger partial charge in [-0.05, 0) is 24.6 Å². The maximum atomic E-state index is 10.5. The molecule has 0 aromatic heterocycles. The molecule has 1 unspecified atom stereocenters. The predicted molar refractivity (Wildman–Crippen MR) is 50.2 cm³/mol. The van der Waals surface area contributed by atoms with E-state index in [9.17, 15) is 4.79 Å². The van der Waals surface area contributed by atoms with Gasteiger partial charge in [0, 0.05) is 0 Å². The summed E-state index contributed by atoms with van der Waals surface area (Å²) in [6.07, 6.45) is -1.19. The SMILES string of the molecule is CC(OC(N)=O)c1ccc(C#N)cc1. The highest BCUT2D eigenvalue weighted by molar-refractivity contribution is 5.65. The number of hydrogen-bond acceptors (Lipinski definition) is 3. The molecule has 1 rings (SSSR count). The Morgan fingerprint density at radius 2 is 2.07 bits per heavy atom. The van der Waals surface area contributed by atoms with Gasteiger partial charge in [-0.1, -0.05) is 12.1 Å². The fourth-order valence-electron chi connectivity index (χ4n) is 1.07. The second kappa shape index (κ2) is 4.28. The van der Waals surface area contributed by atoms with Gasteiger partial charge in [-0.2, -0.15) is 5.26 Å². The topological polar surface area (TPSA) is 76.1 Å². The molecule has 2 N–H and O–H groups in total. The number of primary amides is 1. The van der Waals surface area contributed by atoms with Crippen molar-refractivity contribution >= 4 is 6.09 Å². The minimum absolute atomic E-state index is 0.389. The Labute approximate surface area is 81.9 Å². The Bertz CT molecular complexity index is 365. The van der Waals surface area contributed by atoms with Crippen LogP contribution >= 0.6 is 0 Å². The normalized spacial score (nSPS) is 11.4. The van der Waals surface area contributed by atoms with E-state index in [-0.39, 0.29) is 6.10 Å². The van der Waals surface area contributed by atoms with Crippen LogP contribution in [0.15, 0.2) is 24.3 Å². The minimum Gasteiger partial charge on any atom is -0.442 e. The van der Waals surface area contributed by atoms with Crippen molar-refractivity contribution < 1.29 is 9.53 Å². The average molecular weight is 190 g/mol. The van der Waals surface area contributed by atoms with Gasteiger partial charge in [0.05, 0.1) is 11.6 Å². The molecule has 1 aromatic rings. The van der Waals surface area contributed by atoms with E-state index in [1.807, 2.05) is 6.07 Å². The molecule has 0 fully saturated rings. The first-order valence-corrected chi connectivity index (χ1v) is 4.09. The fourth-order valence-corrected chi connectivity index (χ4v) is 1.07. The second-order valence-corrected chi connectivity index (χ2v) is 2.81. The van der Waals surface area contributed by atoms with Gasteiger partial charge in [0.1, 0.15) is 6.10 Å². The Kier molecular flexibility index (Phi) is 3.08. The molecule has 0 saturated heterocycles. The summed E-state index contributed by atoms with van der Waals surface area (Å²) in [5.74, 6) is 0. The number of benzene rings is 1. The van der Waals surface area contributed by atoms with Crippen LogP contribution in [0.3, 0.4) is 0 Å². The molecule has 0 aliphatic rings. The third-order valence-corrected chi connectivity index (χ3v) is 1.80. The first kappa shape index (κ1) is 10.1. The van der Waals surface area contributed by atoms with Gasteiger partial charge in [0.25, 0.3) is 0 Å². The largest absolute Gasteiger partial charge is 0.442 e. The number of carbonyl (C=O) groups is 1. The summed E-state index contributed by atoms with van der Waals surface area (Å²) >= 11 is 0. The fraction of sp³-hybridized carbons (Fsp3) is 0.200. The molecule has 0 radical (unpaired) electrons.